The average Bonchev–Trinajstić information content (AvgIpc) is 2.55. The summed E-state index contributed by atoms with van der Waals surface area (Å²) in [4.78, 5) is 48.2. The highest BCUT2D eigenvalue weighted by atomic mass is 19.1. The van der Waals surface area contributed by atoms with Gasteiger partial charge in [0.15, 0.2) is 12.4 Å². The van der Waals surface area contributed by atoms with Gasteiger partial charge < -0.3 is 4.74 Å². The van der Waals surface area contributed by atoms with Gasteiger partial charge in [-0.05, 0) is 13.0 Å². The molecular weight excluding hydrogens is 335 g/mol. The summed E-state index contributed by atoms with van der Waals surface area (Å²) in [6.45, 7) is 0.777. The third kappa shape index (κ3) is 2.82. The maximum atomic E-state index is 14.4. The van der Waals surface area contributed by atoms with Crippen molar-refractivity contribution in [3.8, 4) is 11.4 Å². The van der Waals surface area contributed by atoms with Gasteiger partial charge in [0.25, 0.3) is 11.5 Å². The first-order valence-corrected chi connectivity index (χ1v) is 7.21. The molecule has 2 aromatic rings. The molecule has 9 nitrogen and oxygen atoms in total. The third-order valence-electron chi connectivity index (χ3n) is 3.66. The lowest BCUT2D eigenvalue weighted by Crippen LogP contribution is -2.42. The van der Waals surface area contributed by atoms with Crippen LogP contribution >= 0.6 is 0 Å². The van der Waals surface area contributed by atoms with Gasteiger partial charge in [0.1, 0.15) is 23.4 Å². The average molecular weight is 348 g/mol. The summed E-state index contributed by atoms with van der Waals surface area (Å²) in [5, 5.41) is 3.64. The van der Waals surface area contributed by atoms with E-state index in [9.17, 15) is 23.6 Å². The van der Waals surface area contributed by atoms with Crippen LogP contribution in [0, 0.1) is 5.82 Å². The summed E-state index contributed by atoms with van der Waals surface area (Å²) in [7, 11) is 1.23. The standard InChI is InChI=1S/C15H13FN4O5/c1-8(21)6-19-11-4-10(9(16)3-12(11)25-7-14(19)23)20-15(24)18(2)13(22)5-17-20/h3-5H,6-7H2,1-2H3. The minimum absolute atomic E-state index is 0.0694. The van der Waals surface area contributed by atoms with Crippen molar-refractivity contribution in [2.75, 3.05) is 18.1 Å². The SMILES string of the molecule is CC(=O)CN1C(=O)COc2cc(F)c(-n3ncc(=O)n(C)c3=O)cc21. The van der Waals surface area contributed by atoms with Gasteiger partial charge in [-0.3, -0.25) is 23.9 Å². The molecule has 0 bridgehead atoms. The lowest BCUT2D eigenvalue weighted by molar-refractivity contribution is -0.123. The summed E-state index contributed by atoms with van der Waals surface area (Å²) in [6, 6.07) is 2.19. The van der Waals surface area contributed by atoms with Crippen LogP contribution in [-0.4, -0.2) is 39.2 Å². The number of carbonyl (C=O) groups is 2. The van der Waals surface area contributed by atoms with Gasteiger partial charge >= 0.3 is 5.69 Å². The van der Waals surface area contributed by atoms with E-state index >= 15 is 0 Å². The lowest BCUT2D eigenvalue weighted by Gasteiger charge is -2.29. The molecule has 0 N–H and O–H groups in total. The van der Waals surface area contributed by atoms with E-state index in [1.165, 1.54) is 20.0 Å². The van der Waals surface area contributed by atoms with Crippen LogP contribution in [0.2, 0.25) is 0 Å². The molecule has 130 valence electrons. The zero-order valence-corrected chi connectivity index (χ0v) is 13.4. The first-order chi connectivity index (χ1) is 11.8. The monoisotopic (exact) mass is 348 g/mol. The summed E-state index contributed by atoms with van der Waals surface area (Å²) in [6.07, 6.45) is 0.870. The number of benzene rings is 1. The van der Waals surface area contributed by atoms with Crippen LogP contribution in [0.4, 0.5) is 10.1 Å². The Morgan fingerprint density at radius 2 is 2.00 bits per heavy atom. The second-order valence-electron chi connectivity index (χ2n) is 5.48. The number of ether oxygens (including phenoxy) is 1. The molecule has 0 unspecified atom stereocenters. The van der Waals surface area contributed by atoms with E-state index in [-0.39, 0.29) is 36.1 Å². The van der Waals surface area contributed by atoms with Crippen molar-refractivity contribution in [2.24, 2.45) is 7.05 Å². The summed E-state index contributed by atoms with van der Waals surface area (Å²) < 4.78 is 21.1. The zero-order chi connectivity index (χ0) is 18.3. The Bertz CT molecular complexity index is 1010. The van der Waals surface area contributed by atoms with Crippen LogP contribution in [-0.2, 0) is 16.6 Å². The number of aromatic nitrogens is 3. The van der Waals surface area contributed by atoms with Gasteiger partial charge in [-0.1, -0.05) is 0 Å². The van der Waals surface area contributed by atoms with Crippen LogP contribution in [0.1, 0.15) is 6.92 Å². The van der Waals surface area contributed by atoms with Gasteiger partial charge in [-0.2, -0.15) is 9.78 Å². The number of fused-ring (bicyclic) bond motifs is 1. The molecule has 0 saturated carbocycles. The number of anilines is 1. The van der Waals surface area contributed by atoms with Gasteiger partial charge in [0, 0.05) is 13.1 Å². The topological polar surface area (TPSA) is 104 Å². The van der Waals surface area contributed by atoms with E-state index in [2.05, 4.69) is 5.10 Å². The molecular formula is C15H13FN4O5. The van der Waals surface area contributed by atoms with E-state index in [0.717, 1.165) is 21.7 Å². The largest absolute Gasteiger partial charge is 0.481 e. The minimum Gasteiger partial charge on any atom is -0.481 e. The lowest BCUT2D eigenvalue weighted by atomic mass is 10.2. The van der Waals surface area contributed by atoms with E-state index in [1.54, 1.807) is 0 Å². The molecule has 2 heterocycles. The fourth-order valence-corrected chi connectivity index (χ4v) is 2.41. The van der Waals surface area contributed by atoms with Crippen molar-refractivity contribution >= 4 is 17.4 Å². The first kappa shape index (κ1) is 16.6. The van der Waals surface area contributed by atoms with Crippen molar-refractivity contribution in [2.45, 2.75) is 6.92 Å². The number of nitrogens with zero attached hydrogens (tertiary/aromatic N) is 4. The second-order valence-corrected chi connectivity index (χ2v) is 5.48. The third-order valence-corrected chi connectivity index (χ3v) is 3.66. The van der Waals surface area contributed by atoms with Crippen molar-refractivity contribution in [3.05, 3.63) is 45.0 Å². The molecule has 1 aliphatic rings. The zero-order valence-electron chi connectivity index (χ0n) is 13.4. The number of hydrogen-bond donors (Lipinski definition) is 0. The highest BCUT2D eigenvalue weighted by Crippen LogP contribution is 2.35. The number of ketones is 1. The van der Waals surface area contributed by atoms with Gasteiger partial charge in [0.05, 0.1) is 12.2 Å². The van der Waals surface area contributed by atoms with Crippen molar-refractivity contribution in [1.29, 1.82) is 0 Å². The van der Waals surface area contributed by atoms with Gasteiger partial charge in [-0.15, -0.1) is 0 Å². The van der Waals surface area contributed by atoms with Crippen molar-refractivity contribution < 1.29 is 18.7 Å². The molecule has 0 fully saturated rings. The fourth-order valence-electron chi connectivity index (χ4n) is 2.41. The maximum absolute atomic E-state index is 14.4. The van der Waals surface area contributed by atoms with Gasteiger partial charge in [0.2, 0.25) is 0 Å². The minimum atomic E-state index is -0.854. The number of rotatable bonds is 3. The number of halogens is 1. The Hall–Kier alpha value is -3.30. The number of hydrogen-bond acceptors (Lipinski definition) is 6. The van der Waals surface area contributed by atoms with Crippen LogP contribution in [0.3, 0.4) is 0 Å². The molecule has 0 spiro atoms. The molecule has 25 heavy (non-hydrogen) atoms. The maximum Gasteiger partial charge on any atom is 0.352 e. The smallest absolute Gasteiger partial charge is 0.352 e. The van der Waals surface area contributed by atoms with Crippen LogP contribution in [0.5, 0.6) is 5.75 Å². The molecule has 1 amide bonds. The molecule has 1 aromatic carbocycles. The Labute approximate surface area is 139 Å². The second kappa shape index (κ2) is 5.96. The van der Waals surface area contributed by atoms with Crippen molar-refractivity contribution in [1.82, 2.24) is 14.3 Å². The summed E-state index contributed by atoms with van der Waals surface area (Å²) >= 11 is 0. The molecule has 1 aromatic heterocycles. The molecule has 0 radical (unpaired) electrons. The number of amides is 1. The Kier molecular flexibility index (Phi) is 3.95. The van der Waals surface area contributed by atoms with Crippen LogP contribution in [0.25, 0.3) is 5.69 Å². The molecule has 0 saturated heterocycles. The summed E-state index contributed by atoms with van der Waals surface area (Å²) in [5.74, 6) is -1.51. The normalized spacial score (nSPS) is 13.4. The quantitative estimate of drug-likeness (QED) is 0.733. The Morgan fingerprint density at radius 1 is 1.28 bits per heavy atom. The van der Waals surface area contributed by atoms with Gasteiger partial charge in [-0.25, -0.2) is 9.18 Å². The van der Waals surface area contributed by atoms with E-state index in [4.69, 9.17) is 4.74 Å². The first-order valence-electron chi connectivity index (χ1n) is 7.21. The number of Topliss-reactive ketones (excluding diaryl/α,β-unsaturated/α-hetero) is 1. The summed E-state index contributed by atoms with van der Waals surface area (Å²) in [5.41, 5.74) is -1.62. The highest BCUT2D eigenvalue weighted by Gasteiger charge is 2.28. The van der Waals surface area contributed by atoms with E-state index in [1.807, 2.05) is 0 Å². The predicted octanol–water partition coefficient (Wildman–Crippen LogP) is -0.615. The molecule has 10 heteroatoms. The predicted molar refractivity (Wildman–Crippen MR) is 83.6 cm³/mol. The molecule has 0 atom stereocenters. The number of carbonyl (C=O) groups excluding carboxylic acids is 2. The Balaban J connectivity index is 2.21. The molecule has 3 rings (SSSR count). The Morgan fingerprint density at radius 3 is 2.68 bits per heavy atom. The highest BCUT2D eigenvalue weighted by molar-refractivity contribution is 6.02. The van der Waals surface area contributed by atoms with E-state index < -0.39 is 23.0 Å². The van der Waals surface area contributed by atoms with E-state index in [0.29, 0.717) is 4.68 Å². The fraction of sp³-hybridized carbons (Fsp3) is 0.267. The molecule has 0 aliphatic carbocycles. The van der Waals surface area contributed by atoms with Crippen LogP contribution in [0.15, 0.2) is 27.9 Å². The van der Waals surface area contributed by atoms with Crippen LogP contribution < -0.4 is 20.9 Å². The van der Waals surface area contributed by atoms with Crippen molar-refractivity contribution in [3.63, 3.8) is 0 Å². The molecule has 1 aliphatic heterocycles.